The third-order valence-corrected chi connectivity index (χ3v) is 2.72. The second-order valence-corrected chi connectivity index (χ2v) is 4.24. The highest BCUT2D eigenvalue weighted by molar-refractivity contribution is 7.77. The van der Waals surface area contributed by atoms with Crippen LogP contribution in [0.2, 0.25) is 0 Å². The summed E-state index contributed by atoms with van der Waals surface area (Å²) >= 11 is 0. The Morgan fingerprint density at radius 1 is 1.33 bits per heavy atom. The first kappa shape index (κ1) is 11.4. The molecule has 8 heteroatoms. The summed E-state index contributed by atoms with van der Waals surface area (Å²) in [6.07, 6.45) is 0. The molecule has 0 aliphatic rings. The van der Waals surface area contributed by atoms with Crippen molar-refractivity contribution in [2.75, 3.05) is 5.75 Å². The first-order valence-electron chi connectivity index (χ1n) is 2.96. The highest BCUT2D eigenvalue weighted by atomic mass is 32.2. The van der Waals surface area contributed by atoms with Gasteiger partial charge in [0, 0.05) is 6.92 Å². The molecule has 0 aliphatic carbocycles. The number of hydrogen-bond donors (Lipinski definition) is 3. The zero-order valence-electron chi connectivity index (χ0n) is 6.22. The summed E-state index contributed by atoms with van der Waals surface area (Å²) < 4.78 is 40.9. The minimum Gasteiger partial charge on any atom is -0.339 e. The molecule has 72 valence electrons. The van der Waals surface area contributed by atoms with Crippen molar-refractivity contribution in [3.05, 3.63) is 0 Å². The minimum absolute atomic E-state index is 0.573. The summed E-state index contributed by atoms with van der Waals surface area (Å²) in [6.45, 7) is 1.11. The highest BCUT2D eigenvalue weighted by Crippen LogP contribution is 1.85. The van der Waals surface area contributed by atoms with E-state index in [1.807, 2.05) is 5.32 Å². The van der Waals surface area contributed by atoms with E-state index in [2.05, 4.69) is 0 Å². The van der Waals surface area contributed by atoms with E-state index in [-0.39, 0.29) is 0 Å². The maximum atomic E-state index is 10.4. The van der Waals surface area contributed by atoms with Gasteiger partial charge in [0.25, 0.3) is 0 Å². The molecule has 0 aromatic carbocycles. The van der Waals surface area contributed by atoms with E-state index >= 15 is 0 Å². The van der Waals surface area contributed by atoms with Crippen LogP contribution in [0, 0.1) is 0 Å². The maximum Gasteiger partial charge on any atom is 0.217 e. The van der Waals surface area contributed by atoms with Crippen molar-refractivity contribution >= 4 is 27.3 Å². The fourth-order valence-corrected chi connectivity index (χ4v) is 2.14. The summed E-state index contributed by atoms with van der Waals surface area (Å²) in [5.41, 5.74) is 0. The SMILES string of the molecule is CC(=O)NC(C[SH](=O)=O)[SH](=O)=O. The fourth-order valence-electron chi connectivity index (χ4n) is 0.541. The van der Waals surface area contributed by atoms with Gasteiger partial charge in [-0.1, -0.05) is 0 Å². The first-order chi connectivity index (χ1) is 5.43. The molecule has 0 radical (unpaired) electrons. The van der Waals surface area contributed by atoms with Crippen LogP contribution in [-0.4, -0.2) is 33.9 Å². The number of hydrogen-bond acceptors (Lipinski definition) is 5. The average molecular weight is 215 g/mol. The molecule has 0 fully saturated rings. The van der Waals surface area contributed by atoms with E-state index in [0.29, 0.717) is 0 Å². The molecule has 0 heterocycles. The Hall–Kier alpha value is -0.630. The molecule has 12 heavy (non-hydrogen) atoms. The number of carbonyl (C=O) groups is 1. The predicted octanol–water partition coefficient (Wildman–Crippen LogP) is -2.33. The van der Waals surface area contributed by atoms with E-state index in [0.717, 1.165) is 6.92 Å². The molecule has 0 saturated carbocycles. The second-order valence-electron chi connectivity index (χ2n) is 2.02. The van der Waals surface area contributed by atoms with Crippen molar-refractivity contribution in [3.63, 3.8) is 0 Å². The maximum absolute atomic E-state index is 10.4. The lowest BCUT2D eigenvalue weighted by atomic mass is 10.6. The van der Waals surface area contributed by atoms with Crippen LogP contribution < -0.4 is 5.32 Å². The molecule has 0 aromatic rings. The van der Waals surface area contributed by atoms with Gasteiger partial charge in [0.05, 0.1) is 5.75 Å². The fraction of sp³-hybridized carbons (Fsp3) is 0.750. The van der Waals surface area contributed by atoms with Gasteiger partial charge in [0.2, 0.25) is 5.91 Å². The van der Waals surface area contributed by atoms with Crippen LogP contribution in [-0.2, 0) is 26.2 Å². The minimum atomic E-state index is -2.94. The van der Waals surface area contributed by atoms with Crippen LogP contribution >= 0.6 is 0 Å². The summed E-state index contributed by atoms with van der Waals surface area (Å²) in [6, 6.07) is 0. The zero-order valence-corrected chi connectivity index (χ0v) is 8.01. The lowest BCUT2D eigenvalue weighted by Gasteiger charge is -2.06. The quantitative estimate of drug-likeness (QED) is 0.457. The highest BCUT2D eigenvalue weighted by Gasteiger charge is 2.13. The van der Waals surface area contributed by atoms with E-state index in [9.17, 15) is 21.6 Å². The van der Waals surface area contributed by atoms with Gasteiger partial charge in [-0.05, 0) is 0 Å². The molecule has 1 amide bonds. The van der Waals surface area contributed by atoms with E-state index < -0.39 is 38.4 Å². The first-order valence-corrected chi connectivity index (χ1v) is 5.57. The Labute approximate surface area is 72.9 Å². The lowest BCUT2D eigenvalue weighted by molar-refractivity contribution is -0.119. The van der Waals surface area contributed by atoms with Gasteiger partial charge >= 0.3 is 0 Å². The molecule has 0 saturated heterocycles. The van der Waals surface area contributed by atoms with Crippen molar-refractivity contribution in [3.8, 4) is 0 Å². The van der Waals surface area contributed by atoms with E-state index in [1.165, 1.54) is 0 Å². The van der Waals surface area contributed by atoms with Gasteiger partial charge in [0.15, 0.2) is 10.7 Å². The summed E-state index contributed by atoms with van der Waals surface area (Å²) in [5.74, 6) is -1.15. The summed E-state index contributed by atoms with van der Waals surface area (Å²) in [5, 5.41) is 0.685. The van der Waals surface area contributed by atoms with Gasteiger partial charge < -0.3 is 5.32 Å². The van der Waals surface area contributed by atoms with Crippen LogP contribution in [0.3, 0.4) is 0 Å². The molecule has 0 aliphatic heterocycles. The third kappa shape index (κ3) is 5.08. The topological polar surface area (TPSA) is 97.4 Å². The third-order valence-electron chi connectivity index (χ3n) is 0.946. The Bertz CT molecular complexity index is 289. The number of rotatable bonds is 4. The van der Waals surface area contributed by atoms with Crippen molar-refractivity contribution in [2.24, 2.45) is 0 Å². The van der Waals surface area contributed by atoms with Crippen LogP contribution in [0.15, 0.2) is 0 Å². The molecule has 0 bridgehead atoms. The van der Waals surface area contributed by atoms with Gasteiger partial charge in [-0.25, -0.2) is 16.8 Å². The molecule has 0 spiro atoms. The number of carbonyl (C=O) groups excluding carboxylic acids is 1. The summed E-state index contributed by atoms with van der Waals surface area (Å²) in [7, 11) is -5.75. The Morgan fingerprint density at radius 3 is 2.08 bits per heavy atom. The monoisotopic (exact) mass is 215 g/mol. The Kier molecular flexibility index (Phi) is 4.83. The molecule has 6 nitrogen and oxygen atoms in total. The van der Waals surface area contributed by atoms with E-state index in [4.69, 9.17) is 0 Å². The van der Waals surface area contributed by atoms with Gasteiger partial charge in [-0.2, -0.15) is 0 Å². The van der Waals surface area contributed by atoms with E-state index in [1.54, 1.807) is 0 Å². The lowest BCUT2D eigenvalue weighted by Crippen LogP contribution is -2.37. The number of thiol groups is 2. The van der Waals surface area contributed by atoms with Crippen LogP contribution in [0.25, 0.3) is 0 Å². The molecular weight excluding hydrogens is 206 g/mol. The molecule has 1 atom stereocenters. The molecule has 0 aromatic heterocycles. The van der Waals surface area contributed by atoms with Crippen LogP contribution in [0.1, 0.15) is 6.92 Å². The predicted molar refractivity (Wildman–Crippen MR) is 43.1 cm³/mol. The zero-order chi connectivity index (χ0) is 9.72. The molecule has 1 unspecified atom stereocenters. The van der Waals surface area contributed by atoms with Crippen LogP contribution in [0.4, 0.5) is 0 Å². The molecular formula is C4H9NO5S2. The van der Waals surface area contributed by atoms with Crippen molar-refractivity contribution in [1.29, 1.82) is 0 Å². The van der Waals surface area contributed by atoms with Gasteiger partial charge in [0.1, 0.15) is 16.1 Å². The second kappa shape index (κ2) is 5.09. The molecule has 0 rings (SSSR count). The number of nitrogens with one attached hydrogen (secondary N) is 1. The normalized spacial score (nSPS) is 13.2. The van der Waals surface area contributed by atoms with Gasteiger partial charge in [-0.15, -0.1) is 0 Å². The number of amides is 1. The molecule has 1 N–H and O–H groups in total. The van der Waals surface area contributed by atoms with Crippen molar-refractivity contribution < 1.29 is 21.6 Å². The largest absolute Gasteiger partial charge is 0.339 e. The van der Waals surface area contributed by atoms with Gasteiger partial charge in [-0.3, -0.25) is 4.79 Å². The Morgan fingerprint density at radius 2 is 1.83 bits per heavy atom. The average Bonchev–Trinajstić information content (AvgIpc) is 1.83. The standard InChI is InChI=1S/C4H9NO5S2/c1-3(6)5-4(12(9)10)2-11(7)8/h4,11-12H,2H2,1H3,(H,5,6). The van der Waals surface area contributed by atoms with Crippen LogP contribution in [0.5, 0.6) is 0 Å². The smallest absolute Gasteiger partial charge is 0.217 e. The summed E-state index contributed by atoms with van der Waals surface area (Å²) in [4.78, 5) is 10.4. The Balaban J connectivity index is 4.34. The van der Waals surface area contributed by atoms with Crippen molar-refractivity contribution in [1.82, 2.24) is 5.32 Å². The van der Waals surface area contributed by atoms with Crippen molar-refractivity contribution in [2.45, 2.75) is 12.3 Å².